The number of aryl methyl sites for hydroxylation is 1. The Morgan fingerprint density at radius 2 is 2.12 bits per heavy atom. The van der Waals surface area contributed by atoms with Crippen molar-refractivity contribution in [3.63, 3.8) is 0 Å². The van der Waals surface area contributed by atoms with Gasteiger partial charge in [-0.1, -0.05) is 17.7 Å². The van der Waals surface area contributed by atoms with E-state index in [-0.39, 0.29) is 6.04 Å². The Bertz CT molecular complexity index is 403. The van der Waals surface area contributed by atoms with E-state index >= 15 is 0 Å². The molecule has 3 heteroatoms. The third-order valence-corrected chi connectivity index (χ3v) is 3.93. The van der Waals surface area contributed by atoms with Crippen molar-refractivity contribution < 1.29 is 0 Å². The highest BCUT2D eigenvalue weighted by Gasteiger charge is 2.34. The number of nitrogens with two attached hydrogens (primary N) is 1. The SMILES string of the molecule is Cc1cc(Cl)ccc1C1C(N)CCN1C(C)C. The summed E-state index contributed by atoms with van der Waals surface area (Å²) in [6, 6.07) is 7.23. The summed E-state index contributed by atoms with van der Waals surface area (Å²) in [6.45, 7) is 7.67. The molecule has 0 spiro atoms. The van der Waals surface area contributed by atoms with E-state index in [1.807, 2.05) is 12.1 Å². The molecule has 0 amide bonds. The molecule has 1 aliphatic rings. The zero-order valence-electron chi connectivity index (χ0n) is 10.8. The maximum atomic E-state index is 6.27. The van der Waals surface area contributed by atoms with Crippen LogP contribution in [0.5, 0.6) is 0 Å². The summed E-state index contributed by atoms with van der Waals surface area (Å²) in [4.78, 5) is 2.49. The molecule has 2 unspecified atom stereocenters. The lowest BCUT2D eigenvalue weighted by Crippen LogP contribution is -2.36. The second-order valence-corrected chi connectivity index (χ2v) is 5.67. The molecule has 17 heavy (non-hydrogen) atoms. The number of likely N-dealkylation sites (tertiary alicyclic amines) is 1. The lowest BCUT2D eigenvalue weighted by molar-refractivity contribution is 0.197. The smallest absolute Gasteiger partial charge is 0.0504 e. The second-order valence-electron chi connectivity index (χ2n) is 5.23. The third-order valence-electron chi connectivity index (χ3n) is 3.70. The van der Waals surface area contributed by atoms with Gasteiger partial charge in [0.15, 0.2) is 0 Å². The van der Waals surface area contributed by atoms with Crippen LogP contribution in [-0.2, 0) is 0 Å². The van der Waals surface area contributed by atoms with E-state index in [2.05, 4.69) is 31.7 Å². The van der Waals surface area contributed by atoms with Crippen molar-refractivity contribution in [3.8, 4) is 0 Å². The zero-order valence-corrected chi connectivity index (χ0v) is 11.5. The molecule has 2 nitrogen and oxygen atoms in total. The van der Waals surface area contributed by atoms with Crippen molar-refractivity contribution in [1.82, 2.24) is 4.90 Å². The molecule has 1 aliphatic heterocycles. The topological polar surface area (TPSA) is 29.3 Å². The van der Waals surface area contributed by atoms with Crippen LogP contribution in [0, 0.1) is 6.92 Å². The summed E-state index contributed by atoms with van der Waals surface area (Å²) in [5.74, 6) is 0. The van der Waals surface area contributed by atoms with Crippen molar-refractivity contribution in [3.05, 3.63) is 34.3 Å². The molecule has 1 saturated heterocycles. The molecule has 2 N–H and O–H groups in total. The van der Waals surface area contributed by atoms with Crippen LogP contribution in [0.15, 0.2) is 18.2 Å². The van der Waals surface area contributed by atoms with Gasteiger partial charge in [0.05, 0.1) is 6.04 Å². The molecule has 1 heterocycles. The second kappa shape index (κ2) is 4.97. The Morgan fingerprint density at radius 1 is 1.41 bits per heavy atom. The summed E-state index contributed by atoms with van der Waals surface area (Å²) < 4.78 is 0. The highest BCUT2D eigenvalue weighted by Crippen LogP contribution is 2.35. The molecule has 0 aromatic heterocycles. The number of halogens is 1. The van der Waals surface area contributed by atoms with E-state index in [1.54, 1.807) is 0 Å². The van der Waals surface area contributed by atoms with Crippen LogP contribution in [0.4, 0.5) is 0 Å². The van der Waals surface area contributed by atoms with Gasteiger partial charge >= 0.3 is 0 Å². The minimum absolute atomic E-state index is 0.234. The molecule has 2 rings (SSSR count). The van der Waals surface area contributed by atoms with E-state index in [0.29, 0.717) is 12.1 Å². The number of rotatable bonds is 2. The molecule has 0 saturated carbocycles. The van der Waals surface area contributed by atoms with E-state index in [0.717, 1.165) is 18.0 Å². The minimum Gasteiger partial charge on any atom is -0.326 e. The quantitative estimate of drug-likeness (QED) is 0.876. The Morgan fingerprint density at radius 3 is 2.71 bits per heavy atom. The van der Waals surface area contributed by atoms with E-state index < -0.39 is 0 Å². The summed E-state index contributed by atoms with van der Waals surface area (Å²) >= 11 is 6.01. The number of hydrogen-bond acceptors (Lipinski definition) is 2. The first-order valence-corrected chi connectivity index (χ1v) is 6.66. The molecule has 2 atom stereocenters. The van der Waals surface area contributed by atoms with Crippen molar-refractivity contribution in [1.29, 1.82) is 0 Å². The monoisotopic (exact) mass is 252 g/mol. The molecule has 1 fully saturated rings. The van der Waals surface area contributed by atoms with Gasteiger partial charge < -0.3 is 5.73 Å². The molecule has 0 bridgehead atoms. The average molecular weight is 253 g/mol. The van der Waals surface area contributed by atoms with Crippen molar-refractivity contribution in [2.24, 2.45) is 5.73 Å². The molecule has 1 aromatic rings. The van der Waals surface area contributed by atoms with Crippen molar-refractivity contribution >= 4 is 11.6 Å². The van der Waals surface area contributed by atoms with Crippen LogP contribution < -0.4 is 5.73 Å². The van der Waals surface area contributed by atoms with Gasteiger partial charge in [-0.05, 0) is 50.5 Å². The highest BCUT2D eigenvalue weighted by molar-refractivity contribution is 6.30. The van der Waals surface area contributed by atoms with Crippen LogP contribution in [0.1, 0.15) is 37.4 Å². The van der Waals surface area contributed by atoms with Crippen molar-refractivity contribution in [2.75, 3.05) is 6.54 Å². The number of nitrogens with zero attached hydrogens (tertiary/aromatic N) is 1. The van der Waals surface area contributed by atoms with E-state index in [4.69, 9.17) is 17.3 Å². The number of hydrogen-bond donors (Lipinski definition) is 1. The Kier molecular flexibility index (Phi) is 3.76. The van der Waals surface area contributed by atoms with Gasteiger partial charge in [0, 0.05) is 23.7 Å². The maximum Gasteiger partial charge on any atom is 0.0504 e. The van der Waals surface area contributed by atoms with Crippen molar-refractivity contribution in [2.45, 2.75) is 45.3 Å². The maximum absolute atomic E-state index is 6.27. The molecular formula is C14H21ClN2. The first-order chi connectivity index (χ1) is 8.00. The van der Waals surface area contributed by atoms with Crippen LogP contribution in [0.2, 0.25) is 5.02 Å². The molecule has 0 radical (unpaired) electrons. The Balaban J connectivity index is 2.36. The molecule has 94 valence electrons. The Hall–Kier alpha value is -0.570. The van der Waals surface area contributed by atoms with Gasteiger partial charge in [0.2, 0.25) is 0 Å². The summed E-state index contributed by atoms with van der Waals surface area (Å²) in [5, 5.41) is 0.800. The van der Waals surface area contributed by atoms with E-state index in [1.165, 1.54) is 11.1 Å². The van der Waals surface area contributed by atoms with Gasteiger partial charge in [0.25, 0.3) is 0 Å². The van der Waals surface area contributed by atoms with Crippen LogP contribution >= 0.6 is 11.6 Å². The molecule has 0 aliphatic carbocycles. The van der Waals surface area contributed by atoms with Crippen LogP contribution in [-0.4, -0.2) is 23.5 Å². The summed E-state index contributed by atoms with van der Waals surface area (Å²) in [7, 11) is 0. The first-order valence-electron chi connectivity index (χ1n) is 6.28. The summed E-state index contributed by atoms with van der Waals surface area (Å²) in [6.07, 6.45) is 1.07. The Labute approximate surface area is 109 Å². The van der Waals surface area contributed by atoms with E-state index in [9.17, 15) is 0 Å². The molecular weight excluding hydrogens is 232 g/mol. The van der Waals surface area contributed by atoms with Gasteiger partial charge in [-0.3, -0.25) is 4.90 Å². The van der Waals surface area contributed by atoms with Gasteiger partial charge in [-0.2, -0.15) is 0 Å². The first kappa shape index (κ1) is 12.9. The van der Waals surface area contributed by atoms with Gasteiger partial charge in [-0.15, -0.1) is 0 Å². The zero-order chi connectivity index (χ0) is 12.6. The predicted molar refractivity (Wildman–Crippen MR) is 73.4 cm³/mol. The lowest BCUT2D eigenvalue weighted by Gasteiger charge is -2.31. The van der Waals surface area contributed by atoms with Gasteiger partial charge in [0.1, 0.15) is 0 Å². The third kappa shape index (κ3) is 2.49. The lowest BCUT2D eigenvalue weighted by atomic mass is 9.96. The molecule has 1 aromatic carbocycles. The average Bonchev–Trinajstić information content (AvgIpc) is 2.60. The van der Waals surface area contributed by atoms with Crippen LogP contribution in [0.25, 0.3) is 0 Å². The minimum atomic E-state index is 0.234. The summed E-state index contributed by atoms with van der Waals surface area (Å²) in [5.41, 5.74) is 8.84. The van der Waals surface area contributed by atoms with Crippen LogP contribution in [0.3, 0.4) is 0 Å². The highest BCUT2D eigenvalue weighted by atomic mass is 35.5. The fourth-order valence-electron chi connectivity index (χ4n) is 2.80. The fraction of sp³-hybridized carbons (Fsp3) is 0.571. The largest absolute Gasteiger partial charge is 0.326 e. The number of benzene rings is 1. The fourth-order valence-corrected chi connectivity index (χ4v) is 3.03. The standard InChI is InChI=1S/C14H21ClN2/c1-9(2)17-7-6-13(16)14(17)12-5-4-11(15)8-10(12)3/h4-5,8-9,13-14H,6-7,16H2,1-3H3. The van der Waals surface area contributed by atoms with Gasteiger partial charge in [-0.25, -0.2) is 0 Å². The predicted octanol–water partition coefficient (Wildman–Crippen LogP) is 3.13. The normalized spacial score (nSPS) is 25.8.